The number of rotatable bonds is 4. The second kappa shape index (κ2) is 7.43. The molecule has 1 atom stereocenters. The Morgan fingerprint density at radius 2 is 2.00 bits per heavy atom. The number of nitrogens with zero attached hydrogens (tertiary/aromatic N) is 1. The maximum absolute atomic E-state index is 12.8. The zero-order chi connectivity index (χ0) is 18.0. The summed E-state index contributed by atoms with van der Waals surface area (Å²) in [6.45, 7) is 5.92. The molecule has 2 N–H and O–H groups in total. The highest BCUT2D eigenvalue weighted by Gasteiger charge is 2.27. The average molecular weight is 365 g/mol. The molecule has 6 nitrogen and oxygen atoms in total. The van der Waals surface area contributed by atoms with E-state index in [1.54, 1.807) is 19.1 Å². The van der Waals surface area contributed by atoms with Crippen LogP contribution in [-0.4, -0.2) is 50.9 Å². The predicted octanol–water partition coefficient (Wildman–Crippen LogP) is 1.65. The minimum absolute atomic E-state index is 0.0111. The van der Waals surface area contributed by atoms with Crippen LogP contribution in [-0.2, 0) is 10.0 Å². The van der Waals surface area contributed by atoms with Crippen molar-refractivity contribution < 1.29 is 13.2 Å². The molecule has 1 heterocycles. The maximum atomic E-state index is 12.8. The predicted molar refractivity (Wildman–Crippen MR) is 97.1 cm³/mol. The molecule has 1 aliphatic heterocycles. The Labute approximate surface area is 150 Å². The molecular formula is C18H27N3O3S. The normalized spacial score (nSPS) is 22.3. The van der Waals surface area contributed by atoms with Gasteiger partial charge in [0.2, 0.25) is 10.0 Å². The van der Waals surface area contributed by atoms with E-state index in [-0.39, 0.29) is 22.9 Å². The van der Waals surface area contributed by atoms with Crippen molar-refractivity contribution in [2.75, 3.05) is 19.6 Å². The molecule has 1 aromatic rings. The first-order valence-corrected chi connectivity index (χ1v) is 10.5. The van der Waals surface area contributed by atoms with Crippen molar-refractivity contribution in [2.24, 2.45) is 0 Å². The van der Waals surface area contributed by atoms with Crippen LogP contribution in [0, 0.1) is 6.92 Å². The van der Waals surface area contributed by atoms with Crippen LogP contribution < -0.4 is 10.0 Å². The number of sulfonamides is 1. The topological polar surface area (TPSA) is 78.5 Å². The van der Waals surface area contributed by atoms with Crippen molar-refractivity contribution in [3.05, 3.63) is 29.3 Å². The highest BCUT2D eigenvalue weighted by molar-refractivity contribution is 7.89. The van der Waals surface area contributed by atoms with E-state index >= 15 is 0 Å². The van der Waals surface area contributed by atoms with Gasteiger partial charge in [0.25, 0.3) is 5.91 Å². The molecule has 1 aromatic carbocycles. The number of carbonyl (C=O) groups excluding carboxylic acids is 1. The van der Waals surface area contributed by atoms with E-state index in [1.807, 2.05) is 11.8 Å². The lowest BCUT2D eigenvalue weighted by Crippen LogP contribution is -2.52. The molecule has 2 aliphatic rings. The summed E-state index contributed by atoms with van der Waals surface area (Å²) in [5, 5.41) is 3.26. The number of hydrogen-bond acceptors (Lipinski definition) is 4. The lowest BCUT2D eigenvalue weighted by atomic mass is 10.1. The van der Waals surface area contributed by atoms with Gasteiger partial charge in [-0.2, -0.15) is 0 Å². The van der Waals surface area contributed by atoms with Crippen LogP contribution >= 0.6 is 0 Å². The van der Waals surface area contributed by atoms with Gasteiger partial charge in [0.15, 0.2) is 0 Å². The second-order valence-electron chi connectivity index (χ2n) is 7.13. The standard InChI is InChI=1S/C18H27N3O3S/c1-13-7-8-15(18(22)21-10-9-19-12-14(21)2)11-17(13)25(23,24)20-16-5-3-4-6-16/h7-8,11,14,16,19-20H,3-6,9-10,12H2,1-2H3/t14-/m1/s1. The van der Waals surface area contributed by atoms with Gasteiger partial charge < -0.3 is 10.2 Å². The Morgan fingerprint density at radius 3 is 2.68 bits per heavy atom. The number of piperazine rings is 1. The van der Waals surface area contributed by atoms with Gasteiger partial charge in [0.1, 0.15) is 0 Å². The van der Waals surface area contributed by atoms with Gasteiger partial charge in [-0.1, -0.05) is 18.9 Å². The summed E-state index contributed by atoms with van der Waals surface area (Å²) >= 11 is 0. The van der Waals surface area contributed by atoms with E-state index in [9.17, 15) is 13.2 Å². The first kappa shape index (κ1) is 18.4. The molecule has 0 spiro atoms. The van der Waals surface area contributed by atoms with E-state index in [0.717, 1.165) is 38.8 Å². The van der Waals surface area contributed by atoms with E-state index < -0.39 is 10.0 Å². The molecular weight excluding hydrogens is 338 g/mol. The Bertz CT molecular complexity index is 742. The third-order valence-electron chi connectivity index (χ3n) is 5.16. The first-order chi connectivity index (χ1) is 11.9. The molecule has 0 radical (unpaired) electrons. The summed E-state index contributed by atoms with van der Waals surface area (Å²) < 4.78 is 28.4. The van der Waals surface area contributed by atoms with Gasteiger partial charge >= 0.3 is 0 Å². The summed E-state index contributed by atoms with van der Waals surface area (Å²) in [6.07, 6.45) is 3.89. The minimum atomic E-state index is -3.61. The van der Waals surface area contributed by atoms with Crippen LogP contribution in [0.1, 0.15) is 48.5 Å². The third-order valence-corrected chi connectivity index (χ3v) is 6.83. The van der Waals surface area contributed by atoms with E-state index in [4.69, 9.17) is 0 Å². The monoisotopic (exact) mass is 365 g/mol. The highest BCUT2D eigenvalue weighted by Crippen LogP contribution is 2.23. The van der Waals surface area contributed by atoms with E-state index in [0.29, 0.717) is 17.7 Å². The lowest BCUT2D eigenvalue weighted by Gasteiger charge is -2.34. The van der Waals surface area contributed by atoms with Crippen molar-refractivity contribution in [2.45, 2.75) is 56.5 Å². The maximum Gasteiger partial charge on any atom is 0.254 e. The largest absolute Gasteiger partial charge is 0.333 e. The molecule has 0 unspecified atom stereocenters. The molecule has 1 saturated carbocycles. The van der Waals surface area contributed by atoms with Crippen LogP contribution in [0.2, 0.25) is 0 Å². The van der Waals surface area contributed by atoms with Crippen molar-refractivity contribution in [1.29, 1.82) is 0 Å². The minimum Gasteiger partial charge on any atom is -0.333 e. The van der Waals surface area contributed by atoms with Gasteiger partial charge in [-0.05, 0) is 44.4 Å². The molecule has 2 fully saturated rings. The molecule has 7 heteroatoms. The molecule has 1 aliphatic carbocycles. The van der Waals surface area contributed by atoms with Gasteiger partial charge in [0, 0.05) is 37.3 Å². The summed E-state index contributed by atoms with van der Waals surface area (Å²) in [5.74, 6) is -0.105. The molecule has 3 rings (SSSR count). The van der Waals surface area contributed by atoms with Crippen molar-refractivity contribution in [1.82, 2.24) is 14.9 Å². The Kier molecular flexibility index (Phi) is 5.46. The summed E-state index contributed by atoms with van der Waals surface area (Å²) in [4.78, 5) is 14.9. The van der Waals surface area contributed by atoms with Crippen LogP contribution in [0.3, 0.4) is 0 Å². The fraction of sp³-hybridized carbons (Fsp3) is 0.611. The molecule has 1 amide bonds. The number of benzene rings is 1. The van der Waals surface area contributed by atoms with Crippen molar-refractivity contribution in [3.8, 4) is 0 Å². The summed E-state index contributed by atoms with van der Waals surface area (Å²) in [6, 6.07) is 5.09. The molecule has 0 aromatic heterocycles. The number of amides is 1. The van der Waals surface area contributed by atoms with Crippen LogP contribution in [0.4, 0.5) is 0 Å². The smallest absolute Gasteiger partial charge is 0.254 e. The zero-order valence-corrected chi connectivity index (χ0v) is 15.7. The van der Waals surface area contributed by atoms with Crippen LogP contribution in [0.25, 0.3) is 0 Å². The van der Waals surface area contributed by atoms with E-state index in [1.165, 1.54) is 6.07 Å². The second-order valence-corrected chi connectivity index (χ2v) is 8.82. The summed E-state index contributed by atoms with van der Waals surface area (Å²) in [5.41, 5.74) is 1.10. The van der Waals surface area contributed by atoms with Gasteiger partial charge in [0.05, 0.1) is 4.90 Å². The zero-order valence-electron chi connectivity index (χ0n) is 14.9. The quantitative estimate of drug-likeness (QED) is 0.850. The Balaban J connectivity index is 1.85. The van der Waals surface area contributed by atoms with Gasteiger partial charge in [-0.3, -0.25) is 4.79 Å². The summed E-state index contributed by atoms with van der Waals surface area (Å²) in [7, 11) is -3.61. The number of hydrogen-bond donors (Lipinski definition) is 2. The van der Waals surface area contributed by atoms with Crippen LogP contribution in [0.15, 0.2) is 23.1 Å². The molecule has 0 bridgehead atoms. The number of carbonyl (C=O) groups is 1. The highest BCUT2D eigenvalue weighted by atomic mass is 32.2. The molecule has 25 heavy (non-hydrogen) atoms. The van der Waals surface area contributed by atoms with E-state index in [2.05, 4.69) is 10.0 Å². The number of aryl methyl sites for hydroxylation is 1. The fourth-order valence-electron chi connectivity index (χ4n) is 3.66. The Hall–Kier alpha value is -1.44. The number of nitrogens with one attached hydrogen (secondary N) is 2. The van der Waals surface area contributed by atoms with Crippen molar-refractivity contribution >= 4 is 15.9 Å². The fourth-order valence-corrected chi connectivity index (χ4v) is 5.23. The average Bonchev–Trinajstić information content (AvgIpc) is 3.07. The third kappa shape index (κ3) is 4.04. The van der Waals surface area contributed by atoms with Crippen LogP contribution in [0.5, 0.6) is 0 Å². The molecule has 138 valence electrons. The Morgan fingerprint density at radius 1 is 1.28 bits per heavy atom. The van der Waals surface area contributed by atoms with Gasteiger partial charge in [-0.25, -0.2) is 13.1 Å². The van der Waals surface area contributed by atoms with Gasteiger partial charge in [-0.15, -0.1) is 0 Å². The molecule has 1 saturated heterocycles. The first-order valence-electron chi connectivity index (χ1n) is 9.03. The lowest BCUT2D eigenvalue weighted by molar-refractivity contribution is 0.0655. The van der Waals surface area contributed by atoms with Crippen molar-refractivity contribution in [3.63, 3.8) is 0 Å². The SMILES string of the molecule is Cc1ccc(C(=O)N2CCNC[C@H]2C)cc1S(=O)(=O)NC1CCCC1.